The molecule has 2 atom stereocenters. The molecule has 6 aromatic rings. The molecular weight excluding hydrogens is 682 g/mol. The van der Waals surface area contributed by atoms with Gasteiger partial charge in [-0.15, -0.1) is 10.9 Å². The summed E-state index contributed by atoms with van der Waals surface area (Å²) in [5.41, 5.74) is 13.5. The second-order valence-corrected chi connectivity index (χ2v) is 15.0. The lowest BCUT2D eigenvalue weighted by atomic mass is 9.66. The first-order chi connectivity index (χ1) is 27.3. The molecule has 0 radical (unpaired) electrons. The second kappa shape index (κ2) is 14.4. The number of hydrogen-bond donors (Lipinski definition) is 1. The van der Waals surface area contributed by atoms with Crippen LogP contribution in [-0.2, 0) is 0 Å². The first-order valence-corrected chi connectivity index (χ1v) is 19.6. The van der Waals surface area contributed by atoms with Gasteiger partial charge in [0.2, 0.25) is 5.95 Å². The van der Waals surface area contributed by atoms with E-state index in [4.69, 9.17) is 15.0 Å². The number of anilines is 1. The number of fused-ring (bicyclic) bond motifs is 7. The van der Waals surface area contributed by atoms with Crippen LogP contribution >= 0.6 is 0 Å². The summed E-state index contributed by atoms with van der Waals surface area (Å²) in [6, 6.07) is 36.1. The lowest BCUT2D eigenvalue weighted by Crippen LogP contribution is -2.34. The average molecular weight is 723 g/mol. The van der Waals surface area contributed by atoms with E-state index in [-0.39, 0.29) is 17.7 Å². The molecule has 3 aliphatic rings. The number of rotatable bonds is 8. The fourth-order valence-electron chi connectivity index (χ4n) is 8.58. The molecule has 6 nitrogen and oxygen atoms in total. The molecule has 10 heteroatoms. The zero-order valence-electron chi connectivity index (χ0n) is 32.4. The number of aliphatic hydroxyl groups excluding tert-OH is 1. The number of aromatic nitrogens is 4. The Bertz CT molecular complexity index is 2730. The molecule has 0 spiro atoms. The minimum Gasteiger partial charge on any atom is -0.508 e. The van der Waals surface area contributed by atoms with Crippen molar-refractivity contribution in [2.45, 2.75) is 31.1 Å². The van der Waals surface area contributed by atoms with Gasteiger partial charge in [-0.1, -0.05) is 128 Å². The van der Waals surface area contributed by atoms with Gasteiger partial charge in [-0.3, -0.25) is 4.57 Å². The molecule has 268 valence electrons. The maximum absolute atomic E-state index is 11.8. The van der Waals surface area contributed by atoms with Gasteiger partial charge >= 0.3 is 0 Å². The lowest BCUT2D eigenvalue weighted by molar-refractivity contribution is 0.435. The normalized spacial score (nSPS) is 17.8. The maximum atomic E-state index is 11.8. The molecule has 2 aromatic heterocycles. The van der Waals surface area contributed by atoms with Crippen LogP contribution in [0, 0.1) is 0 Å². The second-order valence-electron chi connectivity index (χ2n) is 15.0. The van der Waals surface area contributed by atoms with E-state index in [2.05, 4.69) is 135 Å². The molecule has 2 unspecified atom stereocenters. The SMILES string of the molecule is BC/C(B)=C(B)\C(B)=C(\O)C(=C)c1nc(-c2cccc(-c3ccccc3)c2)nc(-n2c3c(c4ccccc42)C=CC2C3c3ccccc3N2C2=CC=CCC2)n1. The monoisotopic (exact) mass is 723 g/mol. The van der Waals surface area contributed by atoms with Crippen LogP contribution < -0.4 is 4.90 Å². The van der Waals surface area contributed by atoms with Crippen LogP contribution in [-0.4, -0.2) is 62.1 Å². The van der Waals surface area contributed by atoms with Crippen molar-refractivity contribution in [1.82, 2.24) is 19.5 Å². The number of hydrogen-bond acceptors (Lipinski definition) is 5. The van der Waals surface area contributed by atoms with Crippen molar-refractivity contribution in [3.63, 3.8) is 0 Å². The molecule has 1 N–H and O–H groups in total. The molecular formula is C46H41B4N5O. The first kappa shape index (κ1) is 35.4. The van der Waals surface area contributed by atoms with Crippen LogP contribution in [0.5, 0.6) is 0 Å². The van der Waals surface area contributed by atoms with Gasteiger partial charge in [-0.25, -0.2) is 4.98 Å². The predicted octanol–water partition coefficient (Wildman–Crippen LogP) is 6.68. The molecule has 0 bridgehead atoms. The molecule has 0 saturated heterocycles. The molecule has 2 aliphatic carbocycles. The number of allylic oxidation sites excluding steroid dienone is 8. The Morgan fingerprint density at radius 3 is 2.38 bits per heavy atom. The number of aliphatic hydroxyl groups is 1. The molecule has 9 rings (SSSR count). The highest BCUT2D eigenvalue weighted by atomic mass is 16.3. The Morgan fingerprint density at radius 2 is 1.57 bits per heavy atom. The van der Waals surface area contributed by atoms with E-state index in [1.54, 1.807) is 0 Å². The van der Waals surface area contributed by atoms with Crippen LogP contribution in [0.15, 0.2) is 162 Å². The topological polar surface area (TPSA) is 67.1 Å². The van der Waals surface area contributed by atoms with E-state index in [0.717, 1.165) is 63.4 Å². The summed E-state index contributed by atoms with van der Waals surface area (Å²) in [6.45, 7) is 4.41. The van der Waals surface area contributed by atoms with Gasteiger partial charge < -0.3 is 10.0 Å². The highest BCUT2D eigenvalue weighted by Crippen LogP contribution is 2.52. The fourth-order valence-corrected chi connectivity index (χ4v) is 8.58. The predicted molar refractivity (Wildman–Crippen MR) is 242 cm³/mol. The van der Waals surface area contributed by atoms with Crippen molar-refractivity contribution < 1.29 is 5.11 Å². The minimum atomic E-state index is 0.0130. The highest BCUT2D eigenvalue weighted by molar-refractivity contribution is 6.42. The Labute approximate surface area is 332 Å². The van der Waals surface area contributed by atoms with Gasteiger partial charge in [0.05, 0.1) is 23.0 Å². The van der Waals surface area contributed by atoms with E-state index in [1.165, 1.54) is 28.0 Å². The number of para-hydroxylation sites is 2. The summed E-state index contributed by atoms with van der Waals surface area (Å²) in [7, 11) is 8.20. The summed E-state index contributed by atoms with van der Waals surface area (Å²) in [5, 5.41) is 12.9. The molecule has 4 aromatic carbocycles. The van der Waals surface area contributed by atoms with Gasteiger partial charge in [-0.2, -0.15) is 9.97 Å². The largest absolute Gasteiger partial charge is 0.508 e. The van der Waals surface area contributed by atoms with Gasteiger partial charge in [0, 0.05) is 33.6 Å². The Balaban J connectivity index is 1.29. The zero-order chi connectivity index (χ0) is 38.5. The van der Waals surface area contributed by atoms with Crippen molar-refractivity contribution >= 4 is 59.6 Å². The zero-order valence-corrected chi connectivity index (χ0v) is 32.4. The highest BCUT2D eigenvalue weighted by Gasteiger charge is 2.44. The maximum Gasteiger partial charge on any atom is 0.238 e. The van der Waals surface area contributed by atoms with Crippen LogP contribution in [0.1, 0.15) is 41.4 Å². The van der Waals surface area contributed by atoms with Crippen molar-refractivity contribution in [3.05, 3.63) is 185 Å². The summed E-state index contributed by atoms with van der Waals surface area (Å²) < 4.78 is 2.24. The quantitative estimate of drug-likeness (QED) is 0.108. The smallest absolute Gasteiger partial charge is 0.238 e. The first-order valence-electron chi connectivity index (χ1n) is 19.6. The minimum absolute atomic E-state index is 0.0130. The van der Waals surface area contributed by atoms with Gasteiger partial charge in [-0.05, 0) is 53.8 Å². The summed E-state index contributed by atoms with van der Waals surface area (Å²) >= 11 is 0. The third-order valence-electron chi connectivity index (χ3n) is 11.9. The van der Waals surface area contributed by atoms with Crippen molar-refractivity contribution in [1.29, 1.82) is 0 Å². The summed E-state index contributed by atoms with van der Waals surface area (Å²) in [5.74, 6) is 1.42. The van der Waals surface area contributed by atoms with Crippen molar-refractivity contribution in [3.8, 4) is 28.5 Å². The summed E-state index contributed by atoms with van der Waals surface area (Å²) in [4.78, 5) is 18.1. The van der Waals surface area contributed by atoms with E-state index in [0.29, 0.717) is 23.2 Å². The van der Waals surface area contributed by atoms with Crippen molar-refractivity contribution in [2.75, 3.05) is 4.90 Å². The molecule has 0 amide bonds. The Kier molecular flexibility index (Phi) is 9.13. The van der Waals surface area contributed by atoms with Crippen LogP contribution in [0.4, 0.5) is 5.69 Å². The van der Waals surface area contributed by atoms with E-state index < -0.39 is 0 Å². The average Bonchev–Trinajstić information content (AvgIpc) is 3.78. The lowest BCUT2D eigenvalue weighted by Gasteiger charge is -2.33. The molecule has 1 aliphatic heterocycles. The van der Waals surface area contributed by atoms with Crippen LogP contribution in [0.25, 0.3) is 51.0 Å². The third kappa shape index (κ3) is 5.92. The van der Waals surface area contributed by atoms with E-state index >= 15 is 0 Å². The molecule has 3 heterocycles. The van der Waals surface area contributed by atoms with E-state index in [9.17, 15) is 5.11 Å². The number of benzene rings is 4. The Morgan fingerprint density at radius 1 is 0.821 bits per heavy atom. The van der Waals surface area contributed by atoms with Gasteiger partial charge in [0.1, 0.15) is 37.1 Å². The molecule has 0 fully saturated rings. The molecule has 0 saturated carbocycles. The standard InChI is InChI=1S/C46H41B4N5O/c1-27(43(56)41(50)40(49)35(48)26-47)44-51-45(30-16-12-15-29(25-30)28-13-4-2-5-14-28)53-46(52-44)55-36-21-10-8-19-32(36)33-23-24-38-39(42(33)55)34-20-9-11-22-37(34)54(38)31-17-6-3-7-18-31/h2-6,8-17,19-25,38-39,56H,1,7,18,26,47-50H2/b40-35-,43-41-. The number of nitrogens with zero attached hydrogens (tertiary/aromatic N) is 5. The third-order valence-corrected chi connectivity index (χ3v) is 11.9. The Hall–Kier alpha value is -6.27. The fraction of sp³-hybridized carbons (Fsp3) is 0.109. The van der Waals surface area contributed by atoms with Gasteiger partial charge in [0.15, 0.2) is 11.6 Å². The molecule has 56 heavy (non-hydrogen) atoms. The van der Waals surface area contributed by atoms with Crippen LogP contribution in [0.2, 0.25) is 6.32 Å². The van der Waals surface area contributed by atoms with Crippen LogP contribution in [0.3, 0.4) is 0 Å². The van der Waals surface area contributed by atoms with Gasteiger partial charge in [0.25, 0.3) is 0 Å². The summed E-state index contributed by atoms with van der Waals surface area (Å²) in [6.07, 6.45) is 14.3. The van der Waals surface area contributed by atoms with Crippen molar-refractivity contribution in [2.24, 2.45) is 0 Å². The van der Waals surface area contributed by atoms with E-state index in [1.807, 2.05) is 46.0 Å².